The van der Waals surface area contributed by atoms with Gasteiger partial charge in [-0.15, -0.1) is 0 Å². The number of hydrogen-bond donors (Lipinski definition) is 0. The van der Waals surface area contributed by atoms with E-state index in [0.29, 0.717) is 18.6 Å². The SMILES string of the molecule is O=C(C1CC1)N1CCN(c2ccc3c(c2)OCO3)CC1. The Bertz CT molecular complexity index is 534. The normalized spacial score (nSPS) is 21.2. The van der Waals surface area contributed by atoms with Gasteiger partial charge in [0.25, 0.3) is 0 Å². The van der Waals surface area contributed by atoms with Crippen LogP contribution in [-0.2, 0) is 4.79 Å². The fraction of sp³-hybridized carbons (Fsp3) is 0.533. The standard InChI is InChI=1S/C15H18N2O3/c18-15(11-1-2-11)17-7-5-16(6-8-17)12-3-4-13-14(9-12)20-10-19-13/h3-4,9,11H,1-2,5-8,10H2. The molecule has 2 fully saturated rings. The Balaban J connectivity index is 1.42. The van der Waals surface area contributed by atoms with Crippen LogP contribution in [0.3, 0.4) is 0 Å². The molecule has 20 heavy (non-hydrogen) atoms. The Morgan fingerprint density at radius 2 is 1.80 bits per heavy atom. The lowest BCUT2D eigenvalue weighted by Gasteiger charge is -2.36. The van der Waals surface area contributed by atoms with Crippen LogP contribution < -0.4 is 14.4 Å². The average molecular weight is 274 g/mol. The Hall–Kier alpha value is -1.91. The summed E-state index contributed by atoms with van der Waals surface area (Å²) in [5, 5.41) is 0. The molecule has 1 saturated carbocycles. The Labute approximate surface area is 118 Å². The van der Waals surface area contributed by atoms with Gasteiger partial charge in [0.1, 0.15) is 0 Å². The van der Waals surface area contributed by atoms with Gasteiger partial charge in [-0.05, 0) is 25.0 Å². The van der Waals surface area contributed by atoms with Crippen LogP contribution in [0.5, 0.6) is 11.5 Å². The summed E-state index contributed by atoms with van der Waals surface area (Å²) in [7, 11) is 0. The first-order valence-corrected chi connectivity index (χ1v) is 7.25. The quantitative estimate of drug-likeness (QED) is 0.819. The van der Waals surface area contributed by atoms with Crippen LogP contribution in [0.15, 0.2) is 18.2 Å². The highest BCUT2D eigenvalue weighted by molar-refractivity contribution is 5.81. The van der Waals surface area contributed by atoms with Crippen molar-refractivity contribution >= 4 is 11.6 Å². The zero-order valence-corrected chi connectivity index (χ0v) is 11.4. The number of rotatable bonds is 2. The molecule has 2 heterocycles. The predicted octanol–water partition coefficient (Wildman–Crippen LogP) is 1.47. The summed E-state index contributed by atoms with van der Waals surface area (Å²) < 4.78 is 10.7. The third-order valence-electron chi connectivity index (χ3n) is 4.24. The zero-order valence-electron chi connectivity index (χ0n) is 11.4. The minimum Gasteiger partial charge on any atom is -0.454 e. The van der Waals surface area contributed by atoms with E-state index >= 15 is 0 Å². The third-order valence-corrected chi connectivity index (χ3v) is 4.24. The van der Waals surface area contributed by atoms with Gasteiger partial charge < -0.3 is 19.3 Å². The van der Waals surface area contributed by atoms with Gasteiger partial charge in [-0.1, -0.05) is 0 Å². The maximum absolute atomic E-state index is 12.0. The number of amides is 1. The molecule has 5 nitrogen and oxygen atoms in total. The van der Waals surface area contributed by atoms with Crippen LogP contribution in [0.1, 0.15) is 12.8 Å². The summed E-state index contributed by atoms with van der Waals surface area (Å²) in [6.45, 7) is 3.73. The number of fused-ring (bicyclic) bond motifs is 1. The molecule has 106 valence electrons. The second kappa shape index (κ2) is 4.58. The van der Waals surface area contributed by atoms with Crippen LogP contribution in [0.4, 0.5) is 5.69 Å². The van der Waals surface area contributed by atoms with Crippen molar-refractivity contribution in [2.24, 2.45) is 5.92 Å². The lowest BCUT2D eigenvalue weighted by molar-refractivity contribution is -0.132. The van der Waals surface area contributed by atoms with Crippen molar-refractivity contribution in [3.63, 3.8) is 0 Å². The number of ether oxygens (including phenoxy) is 2. The van der Waals surface area contributed by atoms with Crippen LogP contribution in [0.2, 0.25) is 0 Å². The molecule has 0 atom stereocenters. The number of hydrogen-bond acceptors (Lipinski definition) is 4. The summed E-state index contributed by atoms with van der Waals surface area (Å²) >= 11 is 0. The Kier molecular flexibility index (Phi) is 2.72. The van der Waals surface area contributed by atoms with Crippen molar-refractivity contribution in [2.75, 3.05) is 37.9 Å². The van der Waals surface area contributed by atoms with Crippen molar-refractivity contribution in [1.82, 2.24) is 4.90 Å². The second-order valence-electron chi connectivity index (χ2n) is 5.62. The number of anilines is 1. The zero-order chi connectivity index (χ0) is 13.5. The van der Waals surface area contributed by atoms with Crippen molar-refractivity contribution in [1.29, 1.82) is 0 Å². The molecule has 0 unspecified atom stereocenters. The number of carbonyl (C=O) groups excluding carboxylic acids is 1. The number of nitrogens with zero attached hydrogens (tertiary/aromatic N) is 2. The molecule has 3 aliphatic rings. The Morgan fingerprint density at radius 3 is 2.55 bits per heavy atom. The van der Waals surface area contributed by atoms with E-state index in [1.54, 1.807) is 0 Å². The monoisotopic (exact) mass is 274 g/mol. The fourth-order valence-corrected chi connectivity index (χ4v) is 2.86. The van der Waals surface area contributed by atoms with Crippen LogP contribution in [0, 0.1) is 5.92 Å². The molecule has 0 radical (unpaired) electrons. The van der Waals surface area contributed by atoms with Gasteiger partial charge in [-0.3, -0.25) is 4.79 Å². The first-order valence-electron chi connectivity index (χ1n) is 7.25. The predicted molar refractivity (Wildman–Crippen MR) is 74.1 cm³/mol. The van der Waals surface area contributed by atoms with E-state index < -0.39 is 0 Å². The molecule has 0 aromatic heterocycles. The van der Waals surface area contributed by atoms with E-state index in [-0.39, 0.29) is 0 Å². The third kappa shape index (κ3) is 2.07. The lowest BCUT2D eigenvalue weighted by atomic mass is 10.2. The molecular formula is C15H18N2O3. The minimum absolute atomic E-state index is 0.308. The minimum atomic E-state index is 0.308. The number of piperazine rings is 1. The summed E-state index contributed by atoms with van der Waals surface area (Å²) in [5.41, 5.74) is 1.15. The van der Waals surface area contributed by atoms with Crippen LogP contribution in [0.25, 0.3) is 0 Å². The van der Waals surface area contributed by atoms with Gasteiger partial charge in [-0.2, -0.15) is 0 Å². The highest BCUT2D eigenvalue weighted by atomic mass is 16.7. The highest BCUT2D eigenvalue weighted by Crippen LogP contribution is 2.36. The van der Waals surface area contributed by atoms with E-state index in [9.17, 15) is 4.79 Å². The van der Waals surface area contributed by atoms with Crippen molar-refractivity contribution in [3.8, 4) is 11.5 Å². The molecule has 4 rings (SSSR count). The summed E-state index contributed by atoms with van der Waals surface area (Å²) in [6.07, 6.45) is 2.17. The largest absolute Gasteiger partial charge is 0.454 e. The molecule has 1 aliphatic carbocycles. The molecular weight excluding hydrogens is 256 g/mol. The molecule has 1 saturated heterocycles. The Morgan fingerprint density at radius 1 is 1.05 bits per heavy atom. The highest BCUT2D eigenvalue weighted by Gasteiger charge is 2.34. The molecule has 5 heteroatoms. The fourth-order valence-electron chi connectivity index (χ4n) is 2.86. The first kappa shape index (κ1) is 11.9. The average Bonchev–Trinajstić information content (AvgIpc) is 3.24. The molecule has 0 bridgehead atoms. The molecule has 1 amide bonds. The van der Waals surface area contributed by atoms with Gasteiger partial charge in [0.2, 0.25) is 12.7 Å². The summed E-state index contributed by atoms with van der Waals surface area (Å²) in [6, 6.07) is 6.05. The van der Waals surface area contributed by atoms with Gasteiger partial charge in [0.15, 0.2) is 11.5 Å². The van der Waals surface area contributed by atoms with Crippen LogP contribution >= 0.6 is 0 Å². The maximum Gasteiger partial charge on any atom is 0.231 e. The van der Waals surface area contributed by atoms with Gasteiger partial charge in [-0.25, -0.2) is 0 Å². The molecule has 0 spiro atoms. The second-order valence-corrected chi connectivity index (χ2v) is 5.62. The summed E-state index contributed by atoms with van der Waals surface area (Å²) in [4.78, 5) is 16.3. The maximum atomic E-state index is 12.0. The van der Waals surface area contributed by atoms with E-state index in [1.807, 2.05) is 17.0 Å². The molecule has 2 aliphatic heterocycles. The summed E-state index contributed by atoms with van der Waals surface area (Å²) in [5.74, 6) is 2.32. The smallest absolute Gasteiger partial charge is 0.231 e. The van der Waals surface area contributed by atoms with Crippen molar-refractivity contribution in [2.45, 2.75) is 12.8 Å². The van der Waals surface area contributed by atoms with Crippen molar-refractivity contribution in [3.05, 3.63) is 18.2 Å². The topological polar surface area (TPSA) is 42.0 Å². The molecule has 1 aromatic rings. The van der Waals surface area contributed by atoms with Gasteiger partial charge in [0.05, 0.1) is 0 Å². The van der Waals surface area contributed by atoms with E-state index in [1.165, 1.54) is 0 Å². The van der Waals surface area contributed by atoms with Gasteiger partial charge in [0, 0.05) is 43.9 Å². The van der Waals surface area contributed by atoms with E-state index in [0.717, 1.165) is 56.2 Å². The number of carbonyl (C=O) groups is 1. The van der Waals surface area contributed by atoms with E-state index in [4.69, 9.17) is 9.47 Å². The molecule has 0 N–H and O–H groups in total. The van der Waals surface area contributed by atoms with E-state index in [2.05, 4.69) is 11.0 Å². The van der Waals surface area contributed by atoms with Gasteiger partial charge >= 0.3 is 0 Å². The molecule has 1 aromatic carbocycles. The van der Waals surface area contributed by atoms with Crippen molar-refractivity contribution < 1.29 is 14.3 Å². The number of benzene rings is 1. The lowest BCUT2D eigenvalue weighted by Crippen LogP contribution is -2.49. The van der Waals surface area contributed by atoms with Crippen LogP contribution in [-0.4, -0.2) is 43.8 Å². The first-order chi connectivity index (χ1) is 9.81.